The standard InChI is InChI=1S/C22H22ClFN4O2/c1-30-20-9-6-15(11-18(20)24)22(29)25-17-3-2-10-28(13-17)21-12-19(26-27-21)14-4-7-16(23)8-5-14/h4-9,11-12,17H,2-3,10,13H2,1H3,(H,25,29)(H,26,27). The molecule has 0 radical (unpaired) electrons. The molecule has 0 bridgehead atoms. The minimum absolute atomic E-state index is 0.0490. The number of amides is 1. The number of benzene rings is 2. The summed E-state index contributed by atoms with van der Waals surface area (Å²) in [5.41, 5.74) is 2.18. The molecule has 8 heteroatoms. The van der Waals surface area contributed by atoms with Crippen LogP contribution in [0, 0.1) is 5.82 Å². The van der Waals surface area contributed by atoms with Crippen LogP contribution < -0.4 is 15.0 Å². The van der Waals surface area contributed by atoms with E-state index in [2.05, 4.69) is 20.4 Å². The number of carbonyl (C=O) groups excluding carboxylic acids is 1. The molecule has 4 rings (SSSR count). The molecule has 0 saturated carbocycles. The van der Waals surface area contributed by atoms with Crippen LogP contribution in [0.5, 0.6) is 5.75 Å². The summed E-state index contributed by atoms with van der Waals surface area (Å²) >= 11 is 5.96. The number of nitrogens with one attached hydrogen (secondary N) is 2. The molecule has 1 aromatic heterocycles. The molecule has 0 aliphatic carbocycles. The summed E-state index contributed by atoms with van der Waals surface area (Å²) in [6.07, 6.45) is 1.78. The van der Waals surface area contributed by atoms with Gasteiger partial charge < -0.3 is 15.0 Å². The highest BCUT2D eigenvalue weighted by Gasteiger charge is 2.24. The molecule has 1 atom stereocenters. The van der Waals surface area contributed by atoms with Crippen LogP contribution in [0.1, 0.15) is 23.2 Å². The predicted octanol–water partition coefficient (Wildman–Crippen LogP) is 4.28. The molecule has 0 spiro atoms. The third-order valence-corrected chi connectivity index (χ3v) is 5.47. The van der Waals surface area contributed by atoms with Crippen molar-refractivity contribution in [2.24, 2.45) is 0 Å². The number of methoxy groups -OCH3 is 1. The van der Waals surface area contributed by atoms with E-state index in [1.165, 1.54) is 19.2 Å². The molecular formula is C22H22ClFN4O2. The van der Waals surface area contributed by atoms with Gasteiger partial charge in [0.05, 0.1) is 12.8 Å². The summed E-state index contributed by atoms with van der Waals surface area (Å²) in [5.74, 6) is 0.0914. The van der Waals surface area contributed by atoms with Gasteiger partial charge in [0.1, 0.15) is 0 Å². The van der Waals surface area contributed by atoms with Gasteiger partial charge in [-0.05, 0) is 48.7 Å². The summed E-state index contributed by atoms with van der Waals surface area (Å²) in [5, 5.41) is 11.2. The Balaban J connectivity index is 1.41. The van der Waals surface area contributed by atoms with Crippen LogP contribution in [0.4, 0.5) is 10.2 Å². The first-order valence-corrected chi connectivity index (χ1v) is 10.1. The van der Waals surface area contributed by atoms with Crippen LogP contribution in [0.15, 0.2) is 48.5 Å². The Morgan fingerprint density at radius 1 is 1.27 bits per heavy atom. The van der Waals surface area contributed by atoms with E-state index >= 15 is 0 Å². The lowest BCUT2D eigenvalue weighted by molar-refractivity contribution is 0.0932. The zero-order valence-electron chi connectivity index (χ0n) is 16.5. The molecule has 1 saturated heterocycles. The highest BCUT2D eigenvalue weighted by Crippen LogP contribution is 2.25. The van der Waals surface area contributed by atoms with Crippen molar-refractivity contribution < 1.29 is 13.9 Å². The van der Waals surface area contributed by atoms with Gasteiger partial charge >= 0.3 is 0 Å². The summed E-state index contributed by atoms with van der Waals surface area (Å²) in [6, 6.07) is 13.7. The minimum Gasteiger partial charge on any atom is -0.494 e. The molecular weight excluding hydrogens is 407 g/mol. The lowest BCUT2D eigenvalue weighted by Gasteiger charge is -2.33. The molecule has 2 aromatic carbocycles. The highest BCUT2D eigenvalue weighted by molar-refractivity contribution is 6.30. The van der Waals surface area contributed by atoms with Gasteiger partial charge in [-0.15, -0.1) is 0 Å². The number of piperidine rings is 1. The van der Waals surface area contributed by atoms with Gasteiger partial charge in [0.15, 0.2) is 17.4 Å². The smallest absolute Gasteiger partial charge is 0.251 e. The summed E-state index contributed by atoms with van der Waals surface area (Å²) in [7, 11) is 1.39. The number of halogens is 2. The number of carbonyl (C=O) groups is 1. The van der Waals surface area contributed by atoms with Crippen molar-refractivity contribution in [3.8, 4) is 17.0 Å². The predicted molar refractivity (Wildman–Crippen MR) is 115 cm³/mol. The van der Waals surface area contributed by atoms with E-state index in [-0.39, 0.29) is 23.3 Å². The first-order valence-electron chi connectivity index (χ1n) is 9.74. The number of hydrogen-bond acceptors (Lipinski definition) is 4. The fourth-order valence-electron chi connectivity index (χ4n) is 3.63. The fraction of sp³-hybridized carbons (Fsp3) is 0.273. The van der Waals surface area contributed by atoms with Crippen molar-refractivity contribution in [2.75, 3.05) is 25.1 Å². The Labute approximate surface area is 179 Å². The van der Waals surface area contributed by atoms with E-state index < -0.39 is 5.82 Å². The lowest BCUT2D eigenvalue weighted by Crippen LogP contribution is -2.48. The average molecular weight is 429 g/mol. The molecule has 2 heterocycles. The van der Waals surface area contributed by atoms with E-state index in [1.54, 1.807) is 6.07 Å². The molecule has 156 valence electrons. The van der Waals surface area contributed by atoms with Gasteiger partial charge in [-0.25, -0.2) is 4.39 Å². The van der Waals surface area contributed by atoms with E-state index in [1.807, 2.05) is 30.3 Å². The molecule has 1 amide bonds. The summed E-state index contributed by atoms with van der Waals surface area (Å²) < 4.78 is 18.8. The van der Waals surface area contributed by atoms with Crippen molar-refractivity contribution in [1.82, 2.24) is 15.5 Å². The molecule has 6 nitrogen and oxygen atoms in total. The Bertz CT molecular complexity index is 1040. The van der Waals surface area contributed by atoms with E-state index in [0.29, 0.717) is 11.6 Å². The SMILES string of the molecule is COc1ccc(C(=O)NC2CCCN(c3cc(-c4ccc(Cl)cc4)[nH]n3)C2)cc1F. The quantitative estimate of drug-likeness (QED) is 0.636. The van der Waals surface area contributed by atoms with Crippen LogP contribution >= 0.6 is 11.6 Å². The Morgan fingerprint density at radius 2 is 2.07 bits per heavy atom. The van der Waals surface area contributed by atoms with Gasteiger partial charge in [-0.3, -0.25) is 9.89 Å². The maximum absolute atomic E-state index is 13.9. The zero-order chi connectivity index (χ0) is 21.1. The first kappa shape index (κ1) is 20.2. The number of anilines is 1. The van der Waals surface area contributed by atoms with Crippen LogP contribution in [-0.4, -0.2) is 42.3 Å². The average Bonchev–Trinajstić information content (AvgIpc) is 3.25. The van der Waals surface area contributed by atoms with Crippen LogP contribution in [0.3, 0.4) is 0 Å². The number of H-pyrrole nitrogens is 1. The van der Waals surface area contributed by atoms with Gasteiger partial charge in [-0.1, -0.05) is 23.7 Å². The number of aromatic nitrogens is 2. The van der Waals surface area contributed by atoms with Crippen molar-refractivity contribution in [3.63, 3.8) is 0 Å². The van der Waals surface area contributed by atoms with E-state index in [4.69, 9.17) is 16.3 Å². The van der Waals surface area contributed by atoms with Gasteiger partial charge in [0.25, 0.3) is 5.91 Å². The van der Waals surface area contributed by atoms with Crippen molar-refractivity contribution in [1.29, 1.82) is 0 Å². The summed E-state index contributed by atoms with van der Waals surface area (Å²) in [4.78, 5) is 14.7. The molecule has 1 unspecified atom stereocenters. The largest absolute Gasteiger partial charge is 0.494 e. The fourth-order valence-corrected chi connectivity index (χ4v) is 3.76. The lowest BCUT2D eigenvalue weighted by atomic mass is 10.0. The molecule has 1 aliphatic rings. The minimum atomic E-state index is -0.554. The van der Waals surface area contributed by atoms with Crippen LogP contribution in [0.2, 0.25) is 5.02 Å². The monoisotopic (exact) mass is 428 g/mol. The van der Waals surface area contributed by atoms with E-state index in [0.717, 1.165) is 36.5 Å². The Kier molecular flexibility index (Phi) is 5.90. The van der Waals surface area contributed by atoms with Gasteiger partial charge in [0.2, 0.25) is 0 Å². The second-order valence-corrected chi connectivity index (χ2v) is 7.69. The second-order valence-electron chi connectivity index (χ2n) is 7.25. The Hall–Kier alpha value is -3.06. The first-order chi connectivity index (χ1) is 14.5. The maximum Gasteiger partial charge on any atom is 0.251 e. The Morgan fingerprint density at radius 3 is 2.80 bits per heavy atom. The third kappa shape index (κ3) is 4.41. The number of nitrogens with zero attached hydrogens (tertiary/aromatic N) is 2. The molecule has 2 N–H and O–H groups in total. The van der Waals surface area contributed by atoms with Crippen molar-refractivity contribution in [2.45, 2.75) is 18.9 Å². The normalized spacial score (nSPS) is 16.4. The maximum atomic E-state index is 13.9. The van der Waals surface area contributed by atoms with Gasteiger partial charge in [-0.2, -0.15) is 5.10 Å². The highest BCUT2D eigenvalue weighted by atomic mass is 35.5. The molecule has 30 heavy (non-hydrogen) atoms. The number of ether oxygens (including phenoxy) is 1. The van der Waals surface area contributed by atoms with Crippen LogP contribution in [0.25, 0.3) is 11.3 Å². The van der Waals surface area contributed by atoms with Gasteiger partial charge in [0, 0.05) is 35.8 Å². The molecule has 3 aromatic rings. The van der Waals surface area contributed by atoms with Crippen molar-refractivity contribution >= 4 is 23.3 Å². The topological polar surface area (TPSA) is 70.2 Å². The zero-order valence-corrected chi connectivity index (χ0v) is 17.2. The molecule has 1 aliphatic heterocycles. The summed E-state index contributed by atoms with van der Waals surface area (Å²) in [6.45, 7) is 1.49. The number of rotatable bonds is 5. The number of hydrogen-bond donors (Lipinski definition) is 2. The van der Waals surface area contributed by atoms with Crippen LogP contribution in [-0.2, 0) is 0 Å². The third-order valence-electron chi connectivity index (χ3n) is 5.21. The molecule has 1 fully saturated rings. The second kappa shape index (κ2) is 8.75. The van der Waals surface area contributed by atoms with E-state index in [9.17, 15) is 9.18 Å². The van der Waals surface area contributed by atoms with Crippen molar-refractivity contribution in [3.05, 3.63) is 64.9 Å². The number of aromatic amines is 1.